The normalized spacial score (nSPS) is 12.9. The molecule has 2 N–H and O–H groups in total. The van der Waals surface area contributed by atoms with Gasteiger partial charge in [-0.2, -0.15) is 4.31 Å². The molecule has 0 atom stereocenters. The highest BCUT2D eigenvalue weighted by atomic mass is 79.9. The third-order valence-electron chi connectivity index (χ3n) is 3.28. The van der Waals surface area contributed by atoms with Gasteiger partial charge in [0.25, 0.3) is 0 Å². The number of sulfonamides is 1. The summed E-state index contributed by atoms with van der Waals surface area (Å²) in [5.74, 6) is 0. The maximum atomic E-state index is 12.7. The fourth-order valence-corrected chi connectivity index (χ4v) is 3.81. The van der Waals surface area contributed by atoms with Gasteiger partial charge in [0.2, 0.25) is 10.0 Å². The van der Waals surface area contributed by atoms with E-state index in [0.717, 1.165) is 10.0 Å². The molecule has 0 unspecified atom stereocenters. The second-order valence-electron chi connectivity index (χ2n) is 5.71. The van der Waals surface area contributed by atoms with Gasteiger partial charge in [-0.3, -0.25) is 0 Å². The number of nitrogens with two attached hydrogens (primary N) is 1. The van der Waals surface area contributed by atoms with Crippen molar-refractivity contribution in [3.63, 3.8) is 0 Å². The van der Waals surface area contributed by atoms with Crippen molar-refractivity contribution in [3.05, 3.63) is 28.2 Å². The summed E-state index contributed by atoms with van der Waals surface area (Å²) in [6, 6.07) is 5.09. The molecule has 0 spiro atoms. The highest BCUT2D eigenvalue weighted by molar-refractivity contribution is 9.10. The van der Waals surface area contributed by atoms with E-state index >= 15 is 0 Å². The largest absolute Gasteiger partial charge is 0.330 e. The molecule has 0 aliphatic heterocycles. The van der Waals surface area contributed by atoms with Crippen LogP contribution in [0, 0.1) is 12.3 Å². The van der Waals surface area contributed by atoms with Crippen molar-refractivity contribution in [1.82, 2.24) is 4.31 Å². The average Bonchev–Trinajstić information content (AvgIpc) is 2.39. The van der Waals surface area contributed by atoms with E-state index in [1.165, 1.54) is 4.31 Å². The van der Waals surface area contributed by atoms with Crippen molar-refractivity contribution >= 4 is 26.0 Å². The van der Waals surface area contributed by atoms with Gasteiger partial charge in [-0.25, -0.2) is 8.42 Å². The molecule has 0 saturated heterocycles. The van der Waals surface area contributed by atoms with Crippen molar-refractivity contribution in [1.29, 1.82) is 0 Å². The van der Waals surface area contributed by atoms with Crippen LogP contribution in [0.25, 0.3) is 0 Å². The van der Waals surface area contributed by atoms with E-state index in [0.29, 0.717) is 24.5 Å². The number of aryl methyl sites for hydroxylation is 1. The second kappa shape index (κ2) is 6.56. The summed E-state index contributed by atoms with van der Waals surface area (Å²) in [5.41, 5.74) is 6.37. The van der Waals surface area contributed by atoms with Gasteiger partial charge in [0.05, 0.1) is 4.90 Å². The molecule has 0 fully saturated rings. The fraction of sp³-hybridized carbons (Fsp3) is 0.571. The monoisotopic (exact) mass is 362 g/mol. The lowest BCUT2D eigenvalue weighted by Crippen LogP contribution is -2.41. The van der Waals surface area contributed by atoms with Gasteiger partial charge in [-0.15, -0.1) is 0 Å². The molecule has 1 rings (SSSR count). The zero-order valence-electron chi connectivity index (χ0n) is 12.5. The lowest BCUT2D eigenvalue weighted by Gasteiger charge is -2.30. The van der Waals surface area contributed by atoms with Crippen LogP contribution in [0.5, 0.6) is 0 Å². The topological polar surface area (TPSA) is 63.4 Å². The van der Waals surface area contributed by atoms with Gasteiger partial charge < -0.3 is 5.73 Å². The molecule has 114 valence electrons. The molecule has 0 saturated carbocycles. The van der Waals surface area contributed by atoms with Gasteiger partial charge in [0.15, 0.2) is 0 Å². The number of hydrogen-bond acceptors (Lipinski definition) is 3. The van der Waals surface area contributed by atoms with Crippen molar-refractivity contribution in [2.45, 2.75) is 32.6 Å². The van der Waals surface area contributed by atoms with Crippen LogP contribution in [0.3, 0.4) is 0 Å². The van der Waals surface area contributed by atoms with Crippen LogP contribution in [0.4, 0.5) is 0 Å². The highest BCUT2D eigenvalue weighted by Gasteiger charge is 2.29. The third-order valence-corrected chi connectivity index (χ3v) is 6.08. The molecular formula is C14H23BrN2O2S. The van der Waals surface area contributed by atoms with Crippen LogP contribution in [-0.4, -0.2) is 32.4 Å². The summed E-state index contributed by atoms with van der Waals surface area (Å²) >= 11 is 3.39. The molecule has 0 bridgehead atoms. The molecule has 20 heavy (non-hydrogen) atoms. The van der Waals surface area contributed by atoms with Crippen molar-refractivity contribution < 1.29 is 8.42 Å². The Bertz CT molecular complexity index is 571. The van der Waals surface area contributed by atoms with E-state index < -0.39 is 10.0 Å². The van der Waals surface area contributed by atoms with E-state index in [1.54, 1.807) is 18.2 Å². The molecule has 4 nitrogen and oxygen atoms in total. The number of nitrogens with zero attached hydrogens (tertiary/aromatic N) is 1. The van der Waals surface area contributed by atoms with Gasteiger partial charge >= 0.3 is 0 Å². The summed E-state index contributed by atoms with van der Waals surface area (Å²) in [6.07, 6.45) is 0. The Labute approximate surface area is 130 Å². The van der Waals surface area contributed by atoms with E-state index in [4.69, 9.17) is 5.73 Å². The summed E-state index contributed by atoms with van der Waals surface area (Å²) in [6.45, 7) is 8.95. The molecule has 1 aromatic rings. The lowest BCUT2D eigenvalue weighted by atomic mass is 9.94. The first kappa shape index (κ1) is 17.6. The number of halogens is 1. The van der Waals surface area contributed by atoms with Crippen molar-refractivity contribution in [2.75, 3.05) is 19.6 Å². The average molecular weight is 363 g/mol. The summed E-state index contributed by atoms with van der Waals surface area (Å²) in [5, 5.41) is 0. The predicted octanol–water partition coefficient (Wildman–Crippen LogP) is 2.75. The molecular weight excluding hydrogens is 340 g/mol. The smallest absolute Gasteiger partial charge is 0.243 e. The van der Waals surface area contributed by atoms with Crippen molar-refractivity contribution in [2.24, 2.45) is 11.1 Å². The maximum absolute atomic E-state index is 12.7. The van der Waals surface area contributed by atoms with Gasteiger partial charge in [0.1, 0.15) is 0 Å². The minimum atomic E-state index is -3.48. The Balaban J connectivity index is 3.15. The fourth-order valence-electron chi connectivity index (χ4n) is 1.84. The van der Waals surface area contributed by atoms with Crippen LogP contribution in [0.2, 0.25) is 0 Å². The highest BCUT2D eigenvalue weighted by Crippen LogP contribution is 2.25. The van der Waals surface area contributed by atoms with Crippen molar-refractivity contribution in [3.8, 4) is 0 Å². The molecule has 6 heteroatoms. The molecule has 0 radical (unpaired) electrons. The van der Waals surface area contributed by atoms with Crippen LogP contribution in [-0.2, 0) is 10.0 Å². The quantitative estimate of drug-likeness (QED) is 0.845. The lowest BCUT2D eigenvalue weighted by molar-refractivity contribution is 0.273. The minimum Gasteiger partial charge on any atom is -0.330 e. The van der Waals surface area contributed by atoms with Gasteiger partial charge in [0, 0.05) is 17.6 Å². The minimum absolute atomic E-state index is 0.243. The third kappa shape index (κ3) is 4.04. The summed E-state index contributed by atoms with van der Waals surface area (Å²) in [4.78, 5) is 0.327. The van der Waals surface area contributed by atoms with E-state index in [9.17, 15) is 8.42 Å². The Hall–Kier alpha value is -0.430. The summed E-state index contributed by atoms with van der Waals surface area (Å²) < 4.78 is 27.8. The first-order chi connectivity index (χ1) is 9.14. The number of rotatable bonds is 6. The van der Waals surface area contributed by atoms with Crippen LogP contribution < -0.4 is 5.73 Å². The first-order valence-corrected chi connectivity index (χ1v) is 8.84. The number of benzene rings is 1. The zero-order chi connectivity index (χ0) is 15.6. The summed E-state index contributed by atoms with van der Waals surface area (Å²) in [7, 11) is -3.48. The molecule has 0 aliphatic carbocycles. The zero-order valence-corrected chi connectivity index (χ0v) is 14.9. The van der Waals surface area contributed by atoms with E-state index in [2.05, 4.69) is 15.9 Å². The Morgan fingerprint density at radius 2 is 1.95 bits per heavy atom. The van der Waals surface area contributed by atoms with Crippen LogP contribution in [0.1, 0.15) is 26.3 Å². The van der Waals surface area contributed by atoms with E-state index in [-0.39, 0.29) is 5.41 Å². The Morgan fingerprint density at radius 3 is 2.40 bits per heavy atom. The van der Waals surface area contributed by atoms with Crippen LogP contribution >= 0.6 is 15.9 Å². The maximum Gasteiger partial charge on any atom is 0.243 e. The second-order valence-corrected chi connectivity index (χ2v) is 8.50. The van der Waals surface area contributed by atoms with Gasteiger partial charge in [-0.1, -0.05) is 36.7 Å². The Kier molecular flexibility index (Phi) is 5.78. The number of hydrogen-bond donors (Lipinski definition) is 1. The molecule has 0 aliphatic rings. The SMILES string of the molecule is CCN(CC(C)(C)CN)S(=O)(=O)c1ccc(Br)c(C)c1. The first-order valence-electron chi connectivity index (χ1n) is 6.60. The molecule has 0 aromatic heterocycles. The standard InChI is InChI=1S/C14H23BrN2O2S/c1-5-17(10-14(3,4)9-16)20(18,19)12-6-7-13(15)11(2)8-12/h6-8H,5,9-10,16H2,1-4H3. The Morgan fingerprint density at radius 1 is 1.35 bits per heavy atom. The van der Waals surface area contributed by atoms with Crippen LogP contribution in [0.15, 0.2) is 27.6 Å². The molecule has 0 heterocycles. The van der Waals surface area contributed by atoms with Gasteiger partial charge in [-0.05, 0) is 42.6 Å². The molecule has 1 aromatic carbocycles. The van der Waals surface area contributed by atoms with E-state index in [1.807, 2.05) is 27.7 Å². The predicted molar refractivity (Wildman–Crippen MR) is 86.1 cm³/mol. The molecule has 0 amide bonds.